The van der Waals surface area contributed by atoms with Crippen LogP contribution >= 0.6 is 12.4 Å². The standard InChI is InChI=1S/C17H26N6O5.ClH/c1-21(2)14(24)13-19-12(20-28-13)11-22-15(25)17(5-7-18-8-6-17)23(16(22)26)9-4-10-27-3;/h18H,4-11H2,1-3H3;1H. The van der Waals surface area contributed by atoms with Crippen molar-refractivity contribution in [2.75, 3.05) is 47.4 Å². The highest BCUT2D eigenvalue weighted by Crippen LogP contribution is 2.36. The third-order valence-electron chi connectivity index (χ3n) is 5.14. The number of nitrogens with zero attached hydrogens (tertiary/aromatic N) is 5. The molecule has 2 saturated heterocycles. The maximum Gasteiger partial charge on any atom is 0.328 e. The molecule has 2 aliphatic heterocycles. The number of urea groups is 1. The van der Waals surface area contributed by atoms with Crippen LogP contribution in [0.3, 0.4) is 0 Å². The number of hydrogen-bond acceptors (Lipinski definition) is 8. The van der Waals surface area contributed by atoms with Crippen LogP contribution in [0, 0.1) is 0 Å². The Bertz CT molecular complexity index is 748. The average molecular weight is 431 g/mol. The minimum Gasteiger partial charge on any atom is -0.385 e. The maximum absolute atomic E-state index is 13.2. The molecule has 1 aromatic rings. The van der Waals surface area contributed by atoms with Crippen molar-refractivity contribution in [3.8, 4) is 0 Å². The van der Waals surface area contributed by atoms with Crippen LogP contribution in [0.4, 0.5) is 4.79 Å². The van der Waals surface area contributed by atoms with E-state index in [2.05, 4.69) is 15.5 Å². The summed E-state index contributed by atoms with van der Waals surface area (Å²) in [5, 5.41) is 6.99. The molecule has 4 amide bonds. The summed E-state index contributed by atoms with van der Waals surface area (Å²) < 4.78 is 10.1. The van der Waals surface area contributed by atoms with Gasteiger partial charge in [-0.25, -0.2) is 4.79 Å². The summed E-state index contributed by atoms with van der Waals surface area (Å²) >= 11 is 0. The second-order valence-corrected chi connectivity index (χ2v) is 7.17. The number of rotatable bonds is 7. The van der Waals surface area contributed by atoms with Gasteiger partial charge < -0.3 is 24.4 Å². The number of methoxy groups -OCH3 is 1. The first-order valence-electron chi connectivity index (χ1n) is 9.28. The first kappa shape index (κ1) is 23.0. The lowest BCUT2D eigenvalue weighted by molar-refractivity contribution is -0.135. The molecule has 1 spiro atoms. The number of hydrogen-bond donors (Lipinski definition) is 1. The zero-order valence-electron chi connectivity index (χ0n) is 16.8. The molecule has 29 heavy (non-hydrogen) atoms. The summed E-state index contributed by atoms with van der Waals surface area (Å²) in [4.78, 5) is 46.4. The number of ether oxygens (including phenoxy) is 1. The lowest BCUT2D eigenvalue weighted by atomic mass is 9.86. The highest BCUT2D eigenvalue weighted by molar-refractivity contribution is 6.07. The number of piperidine rings is 1. The molecule has 3 rings (SSSR count). The van der Waals surface area contributed by atoms with Gasteiger partial charge in [0, 0.05) is 34.4 Å². The minimum absolute atomic E-state index is 0. The maximum atomic E-state index is 13.2. The second-order valence-electron chi connectivity index (χ2n) is 7.17. The van der Waals surface area contributed by atoms with E-state index in [1.165, 1.54) is 4.90 Å². The van der Waals surface area contributed by atoms with Gasteiger partial charge in [0.25, 0.3) is 5.91 Å². The topological polar surface area (TPSA) is 121 Å². The Morgan fingerprint density at radius 1 is 1.31 bits per heavy atom. The summed E-state index contributed by atoms with van der Waals surface area (Å²) in [6.45, 7) is 2.14. The van der Waals surface area contributed by atoms with E-state index >= 15 is 0 Å². The first-order valence-corrected chi connectivity index (χ1v) is 9.28. The molecule has 0 aliphatic carbocycles. The summed E-state index contributed by atoms with van der Waals surface area (Å²) in [7, 11) is 4.74. The predicted molar refractivity (Wildman–Crippen MR) is 104 cm³/mol. The van der Waals surface area contributed by atoms with Crippen LogP contribution in [0.15, 0.2) is 4.52 Å². The fourth-order valence-electron chi connectivity index (χ4n) is 3.66. The minimum atomic E-state index is -0.845. The van der Waals surface area contributed by atoms with Gasteiger partial charge in [0.1, 0.15) is 5.54 Å². The van der Waals surface area contributed by atoms with E-state index in [0.29, 0.717) is 45.5 Å². The number of aromatic nitrogens is 2. The van der Waals surface area contributed by atoms with Crippen LogP contribution in [0.1, 0.15) is 35.8 Å². The van der Waals surface area contributed by atoms with Crippen LogP contribution in [0.2, 0.25) is 0 Å². The van der Waals surface area contributed by atoms with Gasteiger partial charge in [-0.1, -0.05) is 5.16 Å². The highest BCUT2D eigenvalue weighted by atomic mass is 35.5. The Kier molecular flexibility index (Phi) is 7.55. The number of imide groups is 1. The van der Waals surface area contributed by atoms with Crippen molar-refractivity contribution in [2.45, 2.75) is 31.3 Å². The van der Waals surface area contributed by atoms with Gasteiger partial charge in [0.15, 0.2) is 5.82 Å². The molecule has 0 aromatic carbocycles. The Morgan fingerprint density at radius 2 is 2.00 bits per heavy atom. The summed E-state index contributed by atoms with van der Waals surface area (Å²) in [6, 6.07) is -0.367. The molecule has 2 aliphatic rings. The fraction of sp³-hybridized carbons (Fsp3) is 0.706. The second kappa shape index (κ2) is 9.51. The highest BCUT2D eigenvalue weighted by Gasteiger charge is 2.57. The molecule has 1 N–H and O–H groups in total. The van der Waals surface area contributed by atoms with Crippen LogP contribution < -0.4 is 5.32 Å². The smallest absolute Gasteiger partial charge is 0.328 e. The van der Waals surface area contributed by atoms with Gasteiger partial charge in [-0.3, -0.25) is 14.5 Å². The van der Waals surface area contributed by atoms with Crippen molar-refractivity contribution >= 4 is 30.3 Å². The summed E-state index contributed by atoms with van der Waals surface area (Å²) in [5.74, 6) is -0.738. The third kappa shape index (κ3) is 4.36. The van der Waals surface area contributed by atoms with Gasteiger partial charge in [0.05, 0.1) is 6.54 Å². The Hall–Kier alpha value is -2.24. The molecule has 12 heteroatoms. The lowest BCUT2D eigenvalue weighted by Crippen LogP contribution is -2.56. The molecule has 0 unspecified atom stereocenters. The Labute approximate surface area is 175 Å². The number of nitrogens with one attached hydrogen (secondary N) is 1. The van der Waals surface area contributed by atoms with Crippen molar-refractivity contribution in [3.63, 3.8) is 0 Å². The fourth-order valence-corrected chi connectivity index (χ4v) is 3.66. The molecule has 0 radical (unpaired) electrons. The van der Waals surface area contributed by atoms with Gasteiger partial charge in [-0.05, 0) is 32.4 Å². The summed E-state index contributed by atoms with van der Waals surface area (Å²) in [5.41, 5.74) is -0.845. The van der Waals surface area contributed by atoms with E-state index in [9.17, 15) is 14.4 Å². The van der Waals surface area contributed by atoms with E-state index in [0.717, 1.165) is 4.90 Å². The van der Waals surface area contributed by atoms with E-state index in [1.54, 1.807) is 26.1 Å². The average Bonchev–Trinajstić information content (AvgIpc) is 3.22. The van der Waals surface area contributed by atoms with Crippen LogP contribution in [-0.2, 0) is 16.1 Å². The zero-order valence-corrected chi connectivity index (χ0v) is 17.7. The number of halogens is 1. The van der Waals surface area contributed by atoms with Crippen molar-refractivity contribution in [1.29, 1.82) is 0 Å². The number of amides is 4. The molecule has 1 aromatic heterocycles. The number of carbonyl (C=O) groups is 3. The molecule has 162 valence electrons. The Balaban J connectivity index is 0.00000300. The third-order valence-corrected chi connectivity index (χ3v) is 5.14. The summed E-state index contributed by atoms with van der Waals surface area (Å²) in [6.07, 6.45) is 1.75. The van der Waals surface area contributed by atoms with Crippen molar-refractivity contribution in [2.24, 2.45) is 0 Å². The lowest BCUT2D eigenvalue weighted by Gasteiger charge is -2.38. The predicted octanol–water partition coefficient (Wildman–Crippen LogP) is 0.116. The van der Waals surface area contributed by atoms with E-state index in [4.69, 9.17) is 9.26 Å². The molecule has 0 saturated carbocycles. The van der Waals surface area contributed by atoms with Gasteiger partial charge in [0.2, 0.25) is 0 Å². The normalized spacial score (nSPS) is 18.3. The zero-order chi connectivity index (χ0) is 20.3. The molecule has 2 fully saturated rings. The largest absolute Gasteiger partial charge is 0.385 e. The molecule has 0 atom stereocenters. The van der Waals surface area contributed by atoms with Crippen LogP contribution in [-0.4, -0.2) is 95.7 Å². The number of carbonyl (C=O) groups excluding carboxylic acids is 3. The van der Waals surface area contributed by atoms with Crippen molar-refractivity contribution in [3.05, 3.63) is 11.7 Å². The first-order chi connectivity index (χ1) is 13.4. The SMILES string of the molecule is COCCCN1C(=O)N(Cc2noc(C(=O)N(C)C)n2)C(=O)C12CCNCC2.Cl. The Morgan fingerprint density at radius 3 is 2.62 bits per heavy atom. The van der Waals surface area contributed by atoms with Crippen molar-refractivity contribution in [1.82, 2.24) is 30.2 Å². The molecular weight excluding hydrogens is 404 g/mol. The van der Waals surface area contributed by atoms with Crippen molar-refractivity contribution < 1.29 is 23.6 Å². The van der Waals surface area contributed by atoms with Gasteiger partial charge in [-0.2, -0.15) is 4.98 Å². The van der Waals surface area contributed by atoms with Gasteiger partial charge in [-0.15, -0.1) is 12.4 Å². The van der Waals surface area contributed by atoms with Gasteiger partial charge >= 0.3 is 17.8 Å². The quantitative estimate of drug-likeness (QED) is 0.478. The molecule has 3 heterocycles. The monoisotopic (exact) mass is 430 g/mol. The van der Waals surface area contributed by atoms with Crippen LogP contribution in [0.25, 0.3) is 0 Å². The molecular formula is C17H27ClN6O5. The van der Waals surface area contributed by atoms with E-state index < -0.39 is 11.4 Å². The van der Waals surface area contributed by atoms with E-state index in [-0.39, 0.29) is 42.6 Å². The molecule has 0 bridgehead atoms. The van der Waals surface area contributed by atoms with E-state index in [1.807, 2.05) is 0 Å². The van der Waals surface area contributed by atoms with Crippen LogP contribution in [0.5, 0.6) is 0 Å². The molecule has 11 nitrogen and oxygen atoms in total.